The van der Waals surface area contributed by atoms with Crippen molar-refractivity contribution >= 4 is 11.8 Å². The van der Waals surface area contributed by atoms with Gasteiger partial charge in [0.25, 0.3) is 0 Å². The van der Waals surface area contributed by atoms with E-state index in [1.807, 2.05) is 11.6 Å². The summed E-state index contributed by atoms with van der Waals surface area (Å²) < 4.78 is 6.71. The zero-order valence-electron chi connectivity index (χ0n) is 9.86. The molecule has 0 aromatic carbocycles. The van der Waals surface area contributed by atoms with Crippen LogP contribution in [-0.4, -0.2) is 28.9 Å². The number of hydrogen-bond donors (Lipinski definition) is 1. The molecule has 0 fully saturated rings. The molecule has 2 rings (SSSR count). The molecule has 0 saturated carbocycles. The standard InChI is InChI=1S/C11H17N3O2/c1-4-14-10-9(6-12-14)8(11(15)16-3)5-7(2)13-10/h6-8,13H,4-5H2,1-3H3/t7-,8-/m0/s1. The highest BCUT2D eigenvalue weighted by Crippen LogP contribution is 2.34. The lowest BCUT2D eigenvalue weighted by atomic mass is 9.91. The second-order valence-corrected chi connectivity index (χ2v) is 4.12. The average molecular weight is 223 g/mol. The largest absolute Gasteiger partial charge is 0.469 e. The molecule has 5 heteroatoms. The number of methoxy groups -OCH3 is 1. The van der Waals surface area contributed by atoms with Gasteiger partial charge in [-0.15, -0.1) is 0 Å². The van der Waals surface area contributed by atoms with E-state index < -0.39 is 0 Å². The van der Waals surface area contributed by atoms with Crippen LogP contribution in [0.5, 0.6) is 0 Å². The minimum Gasteiger partial charge on any atom is -0.469 e. The summed E-state index contributed by atoms with van der Waals surface area (Å²) in [4.78, 5) is 11.7. The summed E-state index contributed by atoms with van der Waals surface area (Å²) in [5, 5.41) is 7.63. The molecular formula is C11H17N3O2. The molecule has 1 N–H and O–H groups in total. The van der Waals surface area contributed by atoms with E-state index in [0.29, 0.717) is 0 Å². The van der Waals surface area contributed by atoms with Crippen molar-refractivity contribution in [2.75, 3.05) is 12.4 Å². The quantitative estimate of drug-likeness (QED) is 0.769. The van der Waals surface area contributed by atoms with Gasteiger partial charge in [-0.05, 0) is 20.3 Å². The maximum Gasteiger partial charge on any atom is 0.313 e. The van der Waals surface area contributed by atoms with Gasteiger partial charge in [0.2, 0.25) is 0 Å². The van der Waals surface area contributed by atoms with Gasteiger partial charge in [-0.1, -0.05) is 0 Å². The molecule has 0 bridgehead atoms. The number of carbonyl (C=O) groups is 1. The predicted octanol–water partition coefficient (Wildman–Crippen LogP) is 1.36. The van der Waals surface area contributed by atoms with Crippen LogP contribution in [0.4, 0.5) is 5.82 Å². The number of carbonyl (C=O) groups excluding carboxylic acids is 1. The molecule has 0 radical (unpaired) electrons. The van der Waals surface area contributed by atoms with Gasteiger partial charge in [0, 0.05) is 18.2 Å². The van der Waals surface area contributed by atoms with Crippen molar-refractivity contribution in [2.24, 2.45) is 0 Å². The number of aromatic nitrogens is 2. The van der Waals surface area contributed by atoms with Gasteiger partial charge in [0.05, 0.1) is 19.2 Å². The van der Waals surface area contributed by atoms with E-state index in [2.05, 4.69) is 17.3 Å². The summed E-state index contributed by atoms with van der Waals surface area (Å²) >= 11 is 0. The summed E-state index contributed by atoms with van der Waals surface area (Å²) in [5.74, 6) is 0.596. The first-order valence-electron chi connectivity index (χ1n) is 5.57. The molecule has 5 nitrogen and oxygen atoms in total. The number of hydrogen-bond acceptors (Lipinski definition) is 4. The van der Waals surface area contributed by atoms with Crippen molar-refractivity contribution in [3.8, 4) is 0 Å². The zero-order valence-corrected chi connectivity index (χ0v) is 9.86. The Morgan fingerprint density at radius 2 is 2.50 bits per heavy atom. The topological polar surface area (TPSA) is 56.2 Å². The van der Waals surface area contributed by atoms with Crippen molar-refractivity contribution in [1.29, 1.82) is 0 Å². The van der Waals surface area contributed by atoms with E-state index in [1.54, 1.807) is 6.20 Å². The predicted molar refractivity (Wildman–Crippen MR) is 60.4 cm³/mol. The van der Waals surface area contributed by atoms with Gasteiger partial charge in [-0.25, -0.2) is 4.68 Å². The average Bonchev–Trinajstić information content (AvgIpc) is 2.69. The first kappa shape index (κ1) is 11.0. The zero-order chi connectivity index (χ0) is 11.7. The van der Waals surface area contributed by atoms with Crippen LogP contribution in [0.3, 0.4) is 0 Å². The second kappa shape index (κ2) is 4.15. The van der Waals surface area contributed by atoms with Crippen molar-refractivity contribution in [1.82, 2.24) is 9.78 Å². The molecule has 16 heavy (non-hydrogen) atoms. The number of aryl methyl sites for hydroxylation is 1. The van der Waals surface area contributed by atoms with Gasteiger partial charge >= 0.3 is 5.97 Å². The Kier molecular flexibility index (Phi) is 2.85. The monoisotopic (exact) mass is 223 g/mol. The van der Waals surface area contributed by atoms with Crippen molar-refractivity contribution in [2.45, 2.75) is 38.8 Å². The molecule has 0 saturated heterocycles. The maximum absolute atomic E-state index is 11.7. The van der Waals surface area contributed by atoms with Gasteiger partial charge < -0.3 is 10.1 Å². The Bertz CT molecular complexity index is 400. The Balaban J connectivity index is 2.39. The van der Waals surface area contributed by atoms with Gasteiger partial charge in [-0.3, -0.25) is 4.79 Å². The fourth-order valence-electron chi connectivity index (χ4n) is 2.19. The molecular weight excluding hydrogens is 206 g/mol. The lowest BCUT2D eigenvalue weighted by Crippen LogP contribution is -2.30. The number of ether oxygens (including phenoxy) is 1. The molecule has 2 atom stereocenters. The van der Waals surface area contributed by atoms with E-state index >= 15 is 0 Å². The van der Waals surface area contributed by atoms with Crippen molar-refractivity contribution in [3.63, 3.8) is 0 Å². The third-order valence-corrected chi connectivity index (χ3v) is 3.00. The molecule has 1 aliphatic heterocycles. The summed E-state index contributed by atoms with van der Waals surface area (Å²) in [6.45, 7) is 4.89. The van der Waals surface area contributed by atoms with Crippen LogP contribution in [0.2, 0.25) is 0 Å². The minimum atomic E-state index is -0.184. The number of rotatable bonds is 2. The Morgan fingerprint density at radius 3 is 3.12 bits per heavy atom. The number of esters is 1. The van der Waals surface area contributed by atoms with Crippen LogP contribution in [0.15, 0.2) is 6.20 Å². The summed E-state index contributed by atoms with van der Waals surface area (Å²) in [5.41, 5.74) is 0.951. The molecule has 88 valence electrons. The number of nitrogens with zero attached hydrogens (tertiary/aromatic N) is 2. The van der Waals surface area contributed by atoms with E-state index in [1.165, 1.54) is 7.11 Å². The third kappa shape index (κ3) is 1.66. The summed E-state index contributed by atoms with van der Waals surface area (Å²) in [6, 6.07) is 0.263. The summed E-state index contributed by atoms with van der Waals surface area (Å²) in [7, 11) is 1.43. The van der Waals surface area contributed by atoms with Crippen LogP contribution in [0.25, 0.3) is 0 Å². The summed E-state index contributed by atoms with van der Waals surface area (Å²) in [6.07, 6.45) is 2.52. The van der Waals surface area contributed by atoms with Gasteiger partial charge in [-0.2, -0.15) is 5.10 Å². The second-order valence-electron chi connectivity index (χ2n) is 4.12. The number of nitrogens with one attached hydrogen (secondary N) is 1. The molecule has 1 aromatic rings. The fourth-order valence-corrected chi connectivity index (χ4v) is 2.19. The van der Waals surface area contributed by atoms with Crippen molar-refractivity contribution < 1.29 is 9.53 Å². The Labute approximate surface area is 94.8 Å². The highest BCUT2D eigenvalue weighted by molar-refractivity contribution is 5.81. The highest BCUT2D eigenvalue weighted by atomic mass is 16.5. The SMILES string of the molecule is CCn1ncc2c1N[C@@H](C)C[C@@H]2C(=O)OC. The van der Waals surface area contributed by atoms with E-state index in [-0.39, 0.29) is 17.9 Å². The lowest BCUT2D eigenvalue weighted by Gasteiger charge is -2.27. The molecule has 2 heterocycles. The van der Waals surface area contributed by atoms with Crippen LogP contribution < -0.4 is 5.32 Å². The van der Waals surface area contributed by atoms with Gasteiger partial charge in [0.1, 0.15) is 5.82 Å². The first-order valence-corrected chi connectivity index (χ1v) is 5.57. The van der Waals surface area contributed by atoms with Crippen LogP contribution >= 0.6 is 0 Å². The Hall–Kier alpha value is -1.52. The van der Waals surface area contributed by atoms with E-state index in [9.17, 15) is 4.79 Å². The maximum atomic E-state index is 11.7. The van der Waals surface area contributed by atoms with E-state index in [0.717, 1.165) is 24.3 Å². The third-order valence-electron chi connectivity index (χ3n) is 3.00. The fraction of sp³-hybridized carbons (Fsp3) is 0.636. The number of fused-ring (bicyclic) bond motifs is 1. The van der Waals surface area contributed by atoms with Crippen molar-refractivity contribution in [3.05, 3.63) is 11.8 Å². The molecule has 0 amide bonds. The molecule has 1 aliphatic rings. The Morgan fingerprint density at radius 1 is 1.75 bits per heavy atom. The smallest absolute Gasteiger partial charge is 0.313 e. The molecule has 0 aliphatic carbocycles. The van der Waals surface area contributed by atoms with Crippen LogP contribution in [0, 0.1) is 0 Å². The first-order chi connectivity index (χ1) is 7.67. The normalized spacial score (nSPS) is 23.4. The van der Waals surface area contributed by atoms with Crippen LogP contribution in [0.1, 0.15) is 31.7 Å². The lowest BCUT2D eigenvalue weighted by molar-refractivity contribution is -0.142. The molecule has 0 unspecified atom stereocenters. The van der Waals surface area contributed by atoms with Crippen LogP contribution in [-0.2, 0) is 16.1 Å². The molecule has 1 aromatic heterocycles. The highest BCUT2D eigenvalue weighted by Gasteiger charge is 2.33. The van der Waals surface area contributed by atoms with E-state index in [4.69, 9.17) is 4.74 Å². The van der Waals surface area contributed by atoms with Gasteiger partial charge in [0.15, 0.2) is 0 Å². The molecule has 0 spiro atoms. The minimum absolute atomic E-state index is 0.176. The number of anilines is 1.